The number of carbonyl (C=O) groups is 3. The van der Waals surface area contributed by atoms with E-state index in [-0.39, 0.29) is 62.6 Å². The molecule has 2 aromatic carbocycles. The SMILES string of the molecule is Cc1cc(Cl)c(OCCOc2ncc(C3=C(C(=O)N(Cc4cccc(F)c4C)C4CC4)[C@H]4CN(C(=O)OC(C)(C)C)CC(C3)N4C(=O)O)s2)c(Cl)c1. The zero-order valence-corrected chi connectivity index (χ0v) is 31.9. The van der Waals surface area contributed by atoms with Crippen LogP contribution in [0.3, 0.4) is 0 Å². The first-order valence-corrected chi connectivity index (χ1v) is 18.6. The number of benzene rings is 2. The molecule has 1 N–H and O–H groups in total. The fraction of sp³-hybridized carbons (Fsp3) is 0.459. The summed E-state index contributed by atoms with van der Waals surface area (Å²) in [7, 11) is 0. The summed E-state index contributed by atoms with van der Waals surface area (Å²) in [6, 6.07) is 6.56. The second kappa shape index (κ2) is 15.1. The quantitative estimate of drug-likeness (QED) is 0.206. The number of carboxylic acid groups (broad SMARTS) is 1. The molecule has 2 fully saturated rings. The van der Waals surface area contributed by atoms with Gasteiger partial charge in [0.2, 0.25) is 0 Å². The highest BCUT2D eigenvalue weighted by Crippen LogP contribution is 2.43. The molecule has 1 saturated carbocycles. The van der Waals surface area contributed by atoms with Gasteiger partial charge in [0.1, 0.15) is 24.6 Å². The van der Waals surface area contributed by atoms with Crippen molar-refractivity contribution < 1.29 is 38.1 Å². The summed E-state index contributed by atoms with van der Waals surface area (Å²) in [4.78, 5) is 50.6. The van der Waals surface area contributed by atoms with E-state index < -0.39 is 29.9 Å². The predicted octanol–water partition coefficient (Wildman–Crippen LogP) is 7.98. The van der Waals surface area contributed by atoms with E-state index in [2.05, 4.69) is 4.98 Å². The van der Waals surface area contributed by atoms with E-state index in [9.17, 15) is 23.9 Å². The van der Waals surface area contributed by atoms with E-state index in [0.29, 0.717) is 42.6 Å². The fourth-order valence-corrected chi connectivity index (χ4v) is 8.22. The Morgan fingerprint density at radius 2 is 1.77 bits per heavy atom. The number of thiazole rings is 1. The molecule has 11 nitrogen and oxygen atoms in total. The number of carbonyl (C=O) groups excluding carboxylic acids is 2. The average molecular weight is 776 g/mol. The molecule has 1 aromatic heterocycles. The molecular weight excluding hydrogens is 734 g/mol. The summed E-state index contributed by atoms with van der Waals surface area (Å²) in [5.41, 5.74) is 2.14. The highest BCUT2D eigenvalue weighted by atomic mass is 35.5. The average Bonchev–Trinajstić information content (AvgIpc) is 3.79. The van der Waals surface area contributed by atoms with Crippen LogP contribution < -0.4 is 9.47 Å². The maximum Gasteiger partial charge on any atom is 0.410 e. The van der Waals surface area contributed by atoms with Gasteiger partial charge >= 0.3 is 12.2 Å². The Balaban J connectivity index is 1.32. The van der Waals surface area contributed by atoms with Crippen molar-refractivity contribution in [2.24, 2.45) is 0 Å². The number of hydrogen-bond donors (Lipinski definition) is 1. The standard InChI is InChI=1S/C37H41Cl2FN4O7S/c1-20-13-26(38)32(27(39)14-20)49-11-12-50-34-41-16-30(52-34)25-15-24-18-42(36(48)51-37(3,4)5)19-29(44(24)35(46)47)31(25)33(45)43(23-9-10-23)17-22-7-6-8-28(40)21(22)2/h6-8,13-14,16,23-24,29H,9-12,15,17-19H2,1-5H3,(H,46,47)/t24?,29-/m1/s1. The van der Waals surface area contributed by atoms with E-state index in [1.165, 1.54) is 27.2 Å². The molecule has 1 unspecified atom stereocenters. The Bertz CT molecular complexity index is 1890. The van der Waals surface area contributed by atoms with E-state index in [4.69, 9.17) is 37.4 Å². The van der Waals surface area contributed by atoms with E-state index in [1.807, 2.05) is 6.92 Å². The van der Waals surface area contributed by atoms with Crippen LogP contribution in [-0.4, -0.2) is 92.9 Å². The minimum atomic E-state index is -1.19. The molecule has 15 heteroatoms. The van der Waals surface area contributed by atoms with Crippen LogP contribution in [0.4, 0.5) is 14.0 Å². The molecule has 2 atom stereocenters. The first-order valence-electron chi connectivity index (χ1n) is 17.1. The van der Waals surface area contributed by atoms with Crippen LogP contribution in [0, 0.1) is 19.7 Å². The van der Waals surface area contributed by atoms with Crippen LogP contribution in [0.1, 0.15) is 61.6 Å². The molecule has 52 heavy (non-hydrogen) atoms. The maximum atomic E-state index is 14.9. The number of piperazine rings is 1. The smallest absolute Gasteiger partial charge is 0.410 e. The lowest BCUT2D eigenvalue weighted by Gasteiger charge is -2.50. The molecule has 1 aliphatic carbocycles. The first kappa shape index (κ1) is 37.7. The molecule has 3 aromatic rings. The van der Waals surface area contributed by atoms with Crippen LogP contribution in [0.25, 0.3) is 5.57 Å². The third-order valence-corrected chi connectivity index (χ3v) is 10.7. The number of halogens is 3. The van der Waals surface area contributed by atoms with Gasteiger partial charge in [-0.2, -0.15) is 0 Å². The molecular formula is C37H41Cl2FN4O7S. The Morgan fingerprint density at radius 3 is 2.42 bits per heavy atom. The summed E-state index contributed by atoms with van der Waals surface area (Å²) in [6.07, 6.45) is 1.53. The topological polar surface area (TPSA) is 122 Å². The van der Waals surface area contributed by atoms with Crippen molar-refractivity contribution in [1.29, 1.82) is 0 Å². The normalized spacial score (nSPS) is 18.7. The summed E-state index contributed by atoms with van der Waals surface area (Å²) < 4.78 is 32.0. The number of aryl methyl sites for hydroxylation is 1. The monoisotopic (exact) mass is 774 g/mol. The summed E-state index contributed by atoms with van der Waals surface area (Å²) in [5, 5.41) is 11.6. The van der Waals surface area contributed by atoms with Gasteiger partial charge < -0.3 is 29.1 Å². The Kier molecular flexibility index (Phi) is 11.0. The second-order valence-electron chi connectivity index (χ2n) is 14.3. The van der Waals surface area contributed by atoms with Crippen molar-refractivity contribution in [1.82, 2.24) is 19.7 Å². The van der Waals surface area contributed by atoms with Gasteiger partial charge in [-0.3, -0.25) is 9.69 Å². The third kappa shape index (κ3) is 8.26. The predicted molar refractivity (Wildman–Crippen MR) is 196 cm³/mol. The number of nitrogens with zero attached hydrogens (tertiary/aromatic N) is 4. The van der Waals surface area contributed by atoms with Gasteiger partial charge in [-0.15, -0.1) is 0 Å². The van der Waals surface area contributed by atoms with Crippen molar-refractivity contribution in [3.63, 3.8) is 0 Å². The minimum Gasteiger partial charge on any atom is -0.487 e. The highest BCUT2D eigenvalue weighted by Gasteiger charge is 2.50. The number of ether oxygens (including phenoxy) is 3. The lowest BCUT2D eigenvalue weighted by molar-refractivity contribution is -0.129. The van der Waals surface area contributed by atoms with Crippen molar-refractivity contribution >= 4 is 58.2 Å². The molecule has 3 aliphatic rings. The molecule has 278 valence electrons. The van der Waals surface area contributed by atoms with Gasteiger partial charge in [0.05, 0.1) is 27.0 Å². The number of fused-ring (bicyclic) bond motifs is 2. The number of amides is 3. The molecule has 1 saturated heterocycles. The fourth-order valence-electron chi connectivity index (χ4n) is 6.65. The van der Waals surface area contributed by atoms with Gasteiger partial charge in [-0.1, -0.05) is 46.7 Å². The lowest BCUT2D eigenvalue weighted by Crippen LogP contribution is -2.65. The summed E-state index contributed by atoms with van der Waals surface area (Å²) in [6.45, 7) is 9.25. The third-order valence-electron chi connectivity index (χ3n) is 9.20. The van der Waals surface area contributed by atoms with Crippen LogP contribution in [0.5, 0.6) is 10.9 Å². The van der Waals surface area contributed by atoms with Gasteiger partial charge in [0, 0.05) is 37.4 Å². The van der Waals surface area contributed by atoms with E-state index in [1.54, 1.807) is 63.1 Å². The van der Waals surface area contributed by atoms with Crippen LogP contribution in [0.15, 0.2) is 42.1 Å². The van der Waals surface area contributed by atoms with Crippen molar-refractivity contribution in [2.75, 3.05) is 26.3 Å². The van der Waals surface area contributed by atoms with Gasteiger partial charge in [0.25, 0.3) is 11.1 Å². The number of rotatable bonds is 10. The van der Waals surface area contributed by atoms with Crippen molar-refractivity contribution in [3.8, 4) is 10.9 Å². The second-order valence-corrected chi connectivity index (χ2v) is 16.1. The lowest BCUT2D eigenvalue weighted by atomic mass is 9.83. The van der Waals surface area contributed by atoms with Crippen LogP contribution >= 0.6 is 34.5 Å². The molecule has 3 heterocycles. The van der Waals surface area contributed by atoms with Gasteiger partial charge in [-0.25, -0.2) is 19.0 Å². The number of aromatic nitrogens is 1. The van der Waals surface area contributed by atoms with Gasteiger partial charge in [0.15, 0.2) is 5.75 Å². The Hall–Kier alpha value is -4.07. The zero-order chi connectivity index (χ0) is 37.5. The van der Waals surface area contributed by atoms with E-state index in [0.717, 1.165) is 18.4 Å². The largest absolute Gasteiger partial charge is 0.487 e. The first-order chi connectivity index (χ1) is 24.6. The zero-order valence-electron chi connectivity index (χ0n) is 29.6. The molecule has 6 rings (SSSR count). The number of hydrogen-bond acceptors (Lipinski definition) is 8. The van der Waals surface area contributed by atoms with Crippen LogP contribution in [-0.2, 0) is 16.1 Å². The highest BCUT2D eigenvalue weighted by molar-refractivity contribution is 7.14. The van der Waals surface area contributed by atoms with Gasteiger partial charge in [-0.05, 0) is 94.3 Å². The Labute approximate surface area is 315 Å². The van der Waals surface area contributed by atoms with Crippen molar-refractivity contribution in [3.05, 3.63) is 79.5 Å². The molecule has 3 amide bonds. The summed E-state index contributed by atoms with van der Waals surface area (Å²) in [5.74, 6) is -0.374. The maximum absolute atomic E-state index is 14.9. The molecule has 0 radical (unpaired) electrons. The van der Waals surface area contributed by atoms with Crippen molar-refractivity contribution in [2.45, 2.75) is 84.2 Å². The van der Waals surface area contributed by atoms with Crippen LogP contribution in [0.2, 0.25) is 10.0 Å². The minimum absolute atomic E-state index is 0.0799. The molecule has 2 bridgehead atoms. The summed E-state index contributed by atoms with van der Waals surface area (Å²) >= 11 is 13.8. The molecule has 2 aliphatic heterocycles. The van der Waals surface area contributed by atoms with E-state index >= 15 is 0 Å². The Morgan fingerprint density at radius 1 is 1.08 bits per heavy atom. The molecule has 0 spiro atoms.